The third-order valence-corrected chi connectivity index (χ3v) is 0.858. The Morgan fingerprint density at radius 2 is 2.50 bits per heavy atom. The van der Waals surface area contributed by atoms with Gasteiger partial charge in [0.25, 0.3) is 0 Å². The highest BCUT2D eigenvalue weighted by Crippen LogP contribution is 1.92. The van der Waals surface area contributed by atoms with Crippen LogP contribution in [-0.4, -0.2) is 22.6 Å². The van der Waals surface area contributed by atoms with Crippen molar-refractivity contribution in [2.24, 2.45) is 0 Å². The molecule has 0 spiro atoms. The standard InChI is InChI=1S/C4H8BrNO2/c1-3(5)2-6-4(7)8/h3,6H,2H2,1H3,(H,7,8)/t3-/m0/s1. The van der Waals surface area contributed by atoms with Crippen LogP contribution in [0, 0.1) is 0 Å². The number of carboxylic acid groups (broad SMARTS) is 1. The molecule has 3 nitrogen and oxygen atoms in total. The molecule has 0 bridgehead atoms. The Bertz CT molecular complexity index is 84.1. The zero-order valence-corrected chi connectivity index (χ0v) is 6.10. The highest BCUT2D eigenvalue weighted by atomic mass is 79.9. The van der Waals surface area contributed by atoms with E-state index in [0.29, 0.717) is 6.54 Å². The summed E-state index contributed by atoms with van der Waals surface area (Å²) in [6, 6.07) is 0. The van der Waals surface area contributed by atoms with E-state index in [1.165, 1.54) is 0 Å². The molecule has 0 heterocycles. The maximum Gasteiger partial charge on any atom is 0.404 e. The fraction of sp³-hybridized carbons (Fsp3) is 0.750. The Kier molecular flexibility index (Phi) is 3.60. The largest absolute Gasteiger partial charge is 0.465 e. The van der Waals surface area contributed by atoms with Gasteiger partial charge in [-0.25, -0.2) is 4.79 Å². The summed E-state index contributed by atoms with van der Waals surface area (Å²) in [7, 11) is 0. The third-order valence-electron chi connectivity index (χ3n) is 0.535. The van der Waals surface area contributed by atoms with Gasteiger partial charge < -0.3 is 10.4 Å². The third kappa shape index (κ3) is 5.75. The molecular formula is C4H8BrNO2. The Labute approximate surface area is 56.2 Å². The molecule has 0 aliphatic carbocycles. The zero-order valence-electron chi connectivity index (χ0n) is 4.52. The van der Waals surface area contributed by atoms with Crippen molar-refractivity contribution in [3.8, 4) is 0 Å². The molecule has 0 aromatic rings. The number of hydrogen-bond acceptors (Lipinski definition) is 1. The van der Waals surface area contributed by atoms with E-state index in [2.05, 4.69) is 21.2 Å². The second-order valence-corrected chi connectivity index (χ2v) is 3.03. The maximum absolute atomic E-state index is 9.77. The van der Waals surface area contributed by atoms with E-state index in [0.717, 1.165) is 0 Å². The molecule has 8 heavy (non-hydrogen) atoms. The average Bonchev–Trinajstić information content (AvgIpc) is 1.61. The second kappa shape index (κ2) is 3.72. The van der Waals surface area contributed by atoms with E-state index in [1.54, 1.807) is 0 Å². The van der Waals surface area contributed by atoms with E-state index in [1.807, 2.05) is 6.92 Å². The number of carbonyl (C=O) groups is 1. The fourth-order valence-corrected chi connectivity index (χ4v) is 0.390. The summed E-state index contributed by atoms with van der Waals surface area (Å²) in [4.78, 5) is 9.98. The SMILES string of the molecule is C[C@H](Br)CNC(=O)O. The second-order valence-electron chi connectivity index (χ2n) is 1.47. The predicted molar refractivity (Wildman–Crippen MR) is 34.4 cm³/mol. The van der Waals surface area contributed by atoms with E-state index in [-0.39, 0.29) is 4.83 Å². The van der Waals surface area contributed by atoms with Crippen LogP contribution < -0.4 is 5.32 Å². The van der Waals surface area contributed by atoms with E-state index < -0.39 is 6.09 Å². The number of nitrogens with one attached hydrogen (secondary N) is 1. The van der Waals surface area contributed by atoms with Gasteiger partial charge in [-0.3, -0.25) is 0 Å². The van der Waals surface area contributed by atoms with Crippen molar-refractivity contribution in [3.63, 3.8) is 0 Å². The monoisotopic (exact) mass is 181 g/mol. The molecular weight excluding hydrogens is 174 g/mol. The van der Waals surface area contributed by atoms with Gasteiger partial charge >= 0.3 is 6.09 Å². The Morgan fingerprint density at radius 3 is 2.62 bits per heavy atom. The first-order chi connectivity index (χ1) is 3.63. The van der Waals surface area contributed by atoms with Gasteiger partial charge in [0, 0.05) is 11.4 Å². The van der Waals surface area contributed by atoms with Gasteiger partial charge in [0.2, 0.25) is 0 Å². The van der Waals surface area contributed by atoms with Crippen molar-refractivity contribution in [2.45, 2.75) is 11.8 Å². The summed E-state index contributed by atoms with van der Waals surface area (Å²) < 4.78 is 0. The Morgan fingerprint density at radius 1 is 2.00 bits per heavy atom. The lowest BCUT2D eigenvalue weighted by Crippen LogP contribution is -2.26. The Balaban J connectivity index is 3.05. The van der Waals surface area contributed by atoms with Crippen molar-refractivity contribution in [3.05, 3.63) is 0 Å². The lowest BCUT2D eigenvalue weighted by Gasteiger charge is -1.99. The molecule has 0 aliphatic rings. The van der Waals surface area contributed by atoms with Crippen molar-refractivity contribution in [2.75, 3.05) is 6.54 Å². The number of rotatable bonds is 2. The lowest BCUT2D eigenvalue weighted by molar-refractivity contribution is 0.194. The van der Waals surface area contributed by atoms with Crippen LogP contribution in [0.4, 0.5) is 4.79 Å². The average molecular weight is 182 g/mol. The Hall–Kier alpha value is -0.250. The fourth-order valence-electron chi connectivity index (χ4n) is 0.228. The van der Waals surface area contributed by atoms with Crippen LogP contribution >= 0.6 is 15.9 Å². The zero-order chi connectivity index (χ0) is 6.57. The van der Waals surface area contributed by atoms with Crippen LogP contribution in [0.15, 0.2) is 0 Å². The predicted octanol–water partition coefficient (Wildman–Crippen LogP) is 1.04. The molecule has 0 saturated heterocycles. The highest BCUT2D eigenvalue weighted by Gasteiger charge is 1.96. The summed E-state index contributed by atoms with van der Waals surface area (Å²) in [5.74, 6) is 0. The van der Waals surface area contributed by atoms with Crippen LogP contribution in [0.1, 0.15) is 6.92 Å². The summed E-state index contributed by atoms with van der Waals surface area (Å²) in [5.41, 5.74) is 0. The normalized spacial score (nSPS) is 12.8. The first kappa shape index (κ1) is 7.75. The maximum atomic E-state index is 9.77. The van der Waals surface area contributed by atoms with Crippen molar-refractivity contribution < 1.29 is 9.90 Å². The molecule has 2 N–H and O–H groups in total. The summed E-state index contributed by atoms with van der Waals surface area (Å²) in [6.45, 7) is 2.32. The minimum Gasteiger partial charge on any atom is -0.465 e. The lowest BCUT2D eigenvalue weighted by atomic mass is 10.5. The van der Waals surface area contributed by atoms with Crippen molar-refractivity contribution in [1.82, 2.24) is 5.32 Å². The number of alkyl halides is 1. The molecule has 0 aromatic carbocycles. The summed E-state index contributed by atoms with van der Waals surface area (Å²) >= 11 is 3.18. The quantitative estimate of drug-likeness (QED) is 0.626. The molecule has 48 valence electrons. The van der Waals surface area contributed by atoms with Crippen LogP contribution in [-0.2, 0) is 0 Å². The van der Waals surface area contributed by atoms with Gasteiger partial charge in [-0.1, -0.05) is 22.9 Å². The summed E-state index contributed by atoms with van der Waals surface area (Å²) in [5, 5.41) is 10.2. The molecule has 0 saturated carbocycles. The van der Waals surface area contributed by atoms with E-state index in [9.17, 15) is 4.79 Å². The molecule has 4 heteroatoms. The summed E-state index contributed by atoms with van der Waals surface area (Å²) in [6.07, 6.45) is -0.976. The van der Waals surface area contributed by atoms with Crippen LogP contribution in [0.2, 0.25) is 0 Å². The van der Waals surface area contributed by atoms with Crippen molar-refractivity contribution >= 4 is 22.0 Å². The molecule has 0 fully saturated rings. The first-order valence-electron chi connectivity index (χ1n) is 2.24. The van der Waals surface area contributed by atoms with Gasteiger partial charge in [-0.05, 0) is 0 Å². The molecule has 0 unspecified atom stereocenters. The molecule has 1 atom stereocenters. The number of amides is 1. The van der Waals surface area contributed by atoms with Gasteiger partial charge in [-0.2, -0.15) is 0 Å². The number of halogens is 1. The minimum absolute atomic E-state index is 0.207. The smallest absolute Gasteiger partial charge is 0.404 e. The topological polar surface area (TPSA) is 49.3 Å². The van der Waals surface area contributed by atoms with Gasteiger partial charge in [0.1, 0.15) is 0 Å². The molecule has 0 aliphatic heterocycles. The molecule has 0 rings (SSSR count). The highest BCUT2D eigenvalue weighted by molar-refractivity contribution is 9.09. The minimum atomic E-state index is -0.976. The molecule has 0 aromatic heterocycles. The molecule has 0 radical (unpaired) electrons. The van der Waals surface area contributed by atoms with E-state index >= 15 is 0 Å². The van der Waals surface area contributed by atoms with Gasteiger partial charge in [-0.15, -0.1) is 0 Å². The number of hydrogen-bond donors (Lipinski definition) is 2. The van der Waals surface area contributed by atoms with Crippen LogP contribution in [0.25, 0.3) is 0 Å². The van der Waals surface area contributed by atoms with E-state index in [4.69, 9.17) is 5.11 Å². The van der Waals surface area contributed by atoms with Crippen LogP contribution in [0.3, 0.4) is 0 Å². The van der Waals surface area contributed by atoms with Gasteiger partial charge in [0.15, 0.2) is 0 Å². The van der Waals surface area contributed by atoms with Crippen molar-refractivity contribution in [1.29, 1.82) is 0 Å². The van der Waals surface area contributed by atoms with Gasteiger partial charge in [0.05, 0.1) is 0 Å². The molecule has 1 amide bonds. The van der Waals surface area contributed by atoms with Crippen LogP contribution in [0.5, 0.6) is 0 Å². The first-order valence-corrected chi connectivity index (χ1v) is 3.15.